The highest BCUT2D eigenvalue weighted by Crippen LogP contribution is 2.44. The van der Waals surface area contributed by atoms with Crippen LogP contribution in [0, 0.1) is 11.3 Å². The topological polar surface area (TPSA) is 113 Å². The van der Waals surface area contributed by atoms with Crippen LogP contribution < -0.4 is 10.3 Å². The number of hydrogen-bond acceptors (Lipinski definition) is 5. The van der Waals surface area contributed by atoms with Gasteiger partial charge >= 0.3 is 5.97 Å². The smallest absolute Gasteiger partial charge is 0.312 e. The molecule has 0 bridgehead atoms. The third-order valence-electron chi connectivity index (χ3n) is 5.72. The number of hydrogen-bond donors (Lipinski definition) is 2. The summed E-state index contributed by atoms with van der Waals surface area (Å²) in [6.07, 6.45) is 0.934. The summed E-state index contributed by atoms with van der Waals surface area (Å²) < 4.78 is 5.86. The van der Waals surface area contributed by atoms with Crippen molar-refractivity contribution in [3.05, 3.63) is 58.0 Å². The van der Waals surface area contributed by atoms with E-state index in [1.165, 1.54) is 6.07 Å². The van der Waals surface area contributed by atoms with E-state index in [2.05, 4.69) is 10.2 Å². The predicted molar refractivity (Wildman–Crippen MR) is 99.0 cm³/mol. The molecule has 0 aliphatic carbocycles. The highest BCUT2D eigenvalue weighted by Gasteiger charge is 2.55. The van der Waals surface area contributed by atoms with Gasteiger partial charge in [-0.05, 0) is 24.1 Å². The summed E-state index contributed by atoms with van der Waals surface area (Å²) in [5.41, 5.74) is 0.141. The van der Waals surface area contributed by atoms with Crippen LogP contribution in [0.25, 0.3) is 0 Å². The number of nitrogens with zero attached hydrogens (tertiary/aromatic N) is 2. The van der Waals surface area contributed by atoms with Crippen LogP contribution in [0.1, 0.15) is 17.7 Å². The van der Waals surface area contributed by atoms with E-state index in [1.54, 1.807) is 11.0 Å². The number of aryl methyl sites for hydroxylation is 1. The summed E-state index contributed by atoms with van der Waals surface area (Å²) in [5, 5.41) is 16.3. The lowest BCUT2D eigenvalue weighted by Crippen LogP contribution is -2.42. The summed E-state index contributed by atoms with van der Waals surface area (Å²) in [6.45, 7) is 0.801. The summed E-state index contributed by atoms with van der Waals surface area (Å²) in [4.78, 5) is 37.7. The minimum Gasteiger partial charge on any atom is -0.493 e. The number of carbonyl (C=O) groups is 2. The largest absolute Gasteiger partial charge is 0.493 e. The van der Waals surface area contributed by atoms with Gasteiger partial charge in [-0.2, -0.15) is 5.10 Å². The molecule has 2 atom stereocenters. The van der Waals surface area contributed by atoms with Gasteiger partial charge < -0.3 is 14.7 Å². The summed E-state index contributed by atoms with van der Waals surface area (Å²) in [7, 11) is 0. The van der Waals surface area contributed by atoms with Crippen molar-refractivity contribution < 1.29 is 19.4 Å². The highest BCUT2D eigenvalue weighted by atomic mass is 16.5. The van der Waals surface area contributed by atoms with Crippen molar-refractivity contribution >= 4 is 11.9 Å². The van der Waals surface area contributed by atoms with E-state index in [1.807, 2.05) is 24.3 Å². The number of carbonyl (C=O) groups excluding carboxylic acids is 1. The molecule has 1 amide bonds. The number of carboxylic acids is 1. The third-order valence-corrected chi connectivity index (χ3v) is 5.72. The number of nitrogens with one attached hydrogen (secondary N) is 1. The van der Waals surface area contributed by atoms with Gasteiger partial charge in [0.15, 0.2) is 0 Å². The molecule has 28 heavy (non-hydrogen) atoms. The zero-order chi connectivity index (χ0) is 19.7. The van der Waals surface area contributed by atoms with Gasteiger partial charge in [-0.25, -0.2) is 5.10 Å². The molecule has 2 aliphatic rings. The Hall–Kier alpha value is -3.16. The monoisotopic (exact) mass is 383 g/mol. The summed E-state index contributed by atoms with van der Waals surface area (Å²) >= 11 is 0. The van der Waals surface area contributed by atoms with Crippen molar-refractivity contribution in [2.75, 3.05) is 19.7 Å². The van der Waals surface area contributed by atoms with Crippen molar-refractivity contribution in [1.82, 2.24) is 15.1 Å². The standard InChI is InChI=1S/C20H21N3O5/c24-17-7-5-15(21-22-17)6-8-18(25)23-10-14-11-28-16-4-2-1-3-13(16)9-20(14,12-23)19(26)27/h1-5,7,14H,6,8-12H2,(H,22,24)(H,26,27)/t14-,20+/m0/s1. The zero-order valence-electron chi connectivity index (χ0n) is 15.3. The average molecular weight is 383 g/mol. The molecule has 0 spiro atoms. The molecule has 2 aliphatic heterocycles. The van der Waals surface area contributed by atoms with E-state index in [4.69, 9.17) is 4.74 Å². The van der Waals surface area contributed by atoms with Crippen LogP contribution in [0.15, 0.2) is 41.2 Å². The van der Waals surface area contributed by atoms with Gasteiger partial charge in [0.2, 0.25) is 5.91 Å². The van der Waals surface area contributed by atoms with Crippen LogP contribution in [-0.2, 0) is 22.4 Å². The Kier molecular flexibility index (Phi) is 4.62. The second-order valence-electron chi connectivity index (χ2n) is 7.44. The number of para-hydroxylation sites is 1. The van der Waals surface area contributed by atoms with Crippen LogP contribution in [0.4, 0.5) is 0 Å². The molecule has 2 aromatic rings. The van der Waals surface area contributed by atoms with E-state index in [9.17, 15) is 19.5 Å². The number of fused-ring (bicyclic) bond motifs is 2. The maximum absolute atomic E-state index is 12.7. The minimum absolute atomic E-state index is 0.116. The van der Waals surface area contributed by atoms with Crippen LogP contribution in [-0.4, -0.2) is 51.8 Å². The fourth-order valence-corrected chi connectivity index (χ4v) is 4.12. The molecule has 0 radical (unpaired) electrons. The van der Waals surface area contributed by atoms with Gasteiger partial charge in [-0.15, -0.1) is 0 Å². The Balaban J connectivity index is 1.50. The van der Waals surface area contributed by atoms with Gasteiger partial charge in [0.05, 0.1) is 17.7 Å². The molecule has 1 saturated heterocycles. The number of ether oxygens (including phenoxy) is 1. The Morgan fingerprint density at radius 1 is 1.29 bits per heavy atom. The van der Waals surface area contributed by atoms with Gasteiger partial charge in [0.25, 0.3) is 5.56 Å². The fraction of sp³-hybridized carbons (Fsp3) is 0.400. The van der Waals surface area contributed by atoms with E-state index in [-0.39, 0.29) is 37.0 Å². The number of aromatic nitrogens is 2. The van der Waals surface area contributed by atoms with E-state index in [0.717, 1.165) is 11.3 Å². The van der Waals surface area contributed by atoms with Crippen LogP contribution in [0.2, 0.25) is 0 Å². The molecule has 8 heteroatoms. The summed E-state index contributed by atoms with van der Waals surface area (Å²) in [5.74, 6) is -0.558. The molecule has 1 fully saturated rings. The molecule has 1 aromatic heterocycles. The van der Waals surface area contributed by atoms with Crippen LogP contribution in [0.3, 0.4) is 0 Å². The Labute approximate surface area is 161 Å². The lowest BCUT2D eigenvalue weighted by atomic mass is 9.74. The molecule has 146 valence electrons. The minimum atomic E-state index is -1.04. The van der Waals surface area contributed by atoms with Crippen molar-refractivity contribution in [2.24, 2.45) is 11.3 Å². The molecule has 0 unspecified atom stereocenters. The van der Waals surface area contributed by atoms with E-state index in [0.29, 0.717) is 25.1 Å². The van der Waals surface area contributed by atoms with Gasteiger partial charge in [0.1, 0.15) is 5.75 Å². The first-order valence-corrected chi connectivity index (χ1v) is 9.24. The number of carboxylic acid groups (broad SMARTS) is 1. The number of H-pyrrole nitrogens is 1. The molecular weight excluding hydrogens is 362 g/mol. The Bertz CT molecular complexity index is 952. The lowest BCUT2D eigenvalue weighted by Gasteiger charge is -2.27. The SMILES string of the molecule is O=C(CCc1ccc(=O)[nH]n1)N1C[C@H]2COc3ccccc3C[C@@]2(C(=O)O)C1. The number of benzene rings is 1. The third kappa shape index (κ3) is 3.26. The van der Waals surface area contributed by atoms with Crippen molar-refractivity contribution in [1.29, 1.82) is 0 Å². The quantitative estimate of drug-likeness (QED) is 0.810. The van der Waals surface area contributed by atoms with Gasteiger partial charge in [0, 0.05) is 37.9 Å². The molecule has 3 heterocycles. The molecule has 1 aromatic carbocycles. The van der Waals surface area contributed by atoms with E-state index >= 15 is 0 Å². The van der Waals surface area contributed by atoms with E-state index < -0.39 is 11.4 Å². The maximum Gasteiger partial charge on any atom is 0.312 e. The van der Waals surface area contributed by atoms with Crippen LogP contribution >= 0.6 is 0 Å². The Morgan fingerprint density at radius 3 is 2.86 bits per heavy atom. The second-order valence-corrected chi connectivity index (χ2v) is 7.44. The first-order valence-electron chi connectivity index (χ1n) is 9.24. The molecular formula is C20H21N3O5. The van der Waals surface area contributed by atoms with Crippen molar-refractivity contribution in [2.45, 2.75) is 19.3 Å². The molecule has 2 N–H and O–H groups in total. The predicted octanol–water partition coefficient (Wildman–Crippen LogP) is 0.867. The number of aliphatic carboxylic acids is 1. The highest BCUT2D eigenvalue weighted by molar-refractivity contribution is 5.81. The number of rotatable bonds is 4. The number of aromatic amines is 1. The second kappa shape index (κ2) is 7.10. The first-order chi connectivity index (χ1) is 13.5. The first kappa shape index (κ1) is 18.2. The van der Waals surface area contributed by atoms with Gasteiger partial charge in [-0.1, -0.05) is 18.2 Å². The Morgan fingerprint density at radius 2 is 2.11 bits per heavy atom. The van der Waals surface area contributed by atoms with Crippen molar-refractivity contribution in [3.63, 3.8) is 0 Å². The molecule has 8 nitrogen and oxygen atoms in total. The van der Waals surface area contributed by atoms with Gasteiger partial charge in [-0.3, -0.25) is 14.4 Å². The number of amides is 1. The van der Waals surface area contributed by atoms with Crippen LogP contribution in [0.5, 0.6) is 5.75 Å². The molecule has 0 saturated carbocycles. The summed E-state index contributed by atoms with van der Waals surface area (Å²) in [6, 6.07) is 10.4. The van der Waals surface area contributed by atoms with Crippen molar-refractivity contribution in [3.8, 4) is 5.75 Å². The average Bonchev–Trinajstić information content (AvgIpc) is 2.98. The normalized spacial score (nSPS) is 23.3. The number of likely N-dealkylation sites (tertiary alicyclic amines) is 1. The fourth-order valence-electron chi connectivity index (χ4n) is 4.12. The zero-order valence-corrected chi connectivity index (χ0v) is 15.3. The maximum atomic E-state index is 12.7. The molecule has 4 rings (SSSR count). The lowest BCUT2D eigenvalue weighted by molar-refractivity contribution is -0.151.